The average Bonchev–Trinajstić information content (AvgIpc) is 2.66. The molecule has 0 bridgehead atoms. The van der Waals surface area contributed by atoms with E-state index in [1.54, 1.807) is 51.3 Å². The second-order valence-electron chi connectivity index (χ2n) is 6.22. The van der Waals surface area contributed by atoms with E-state index in [-0.39, 0.29) is 5.82 Å². The average molecular weight is 366 g/mol. The van der Waals surface area contributed by atoms with Crippen molar-refractivity contribution in [3.05, 3.63) is 83.9 Å². The fourth-order valence-electron chi connectivity index (χ4n) is 2.37. The van der Waals surface area contributed by atoms with Gasteiger partial charge in [-0.15, -0.1) is 0 Å². The molecule has 0 aliphatic carbocycles. The third-order valence-electron chi connectivity index (χ3n) is 4.00. The van der Waals surface area contributed by atoms with Gasteiger partial charge in [-0.2, -0.15) is 0 Å². The van der Waals surface area contributed by atoms with E-state index in [0.717, 1.165) is 22.4 Å². The molecule has 0 unspecified atom stereocenters. The summed E-state index contributed by atoms with van der Waals surface area (Å²) in [6.45, 7) is 8.67. The first-order valence-corrected chi connectivity index (χ1v) is 8.49. The Morgan fingerprint density at radius 3 is 2.26 bits per heavy atom. The smallest absolute Gasteiger partial charge is 0.338 e. The van der Waals surface area contributed by atoms with Gasteiger partial charge in [-0.3, -0.25) is 0 Å². The van der Waals surface area contributed by atoms with Crippen molar-refractivity contribution in [1.82, 2.24) is 0 Å². The van der Waals surface area contributed by atoms with Gasteiger partial charge in [-0.1, -0.05) is 36.9 Å². The highest BCUT2D eigenvalue weighted by atomic mass is 19.1. The van der Waals surface area contributed by atoms with Crippen LogP contribution in [0.3, 0.4) is 0 Å². The molecule has 0 fully saturated rings. The van der Waals surface area contributed by atoms with E-state index < -0.39 is 5.97 Å². The number of hydrogen-bond acceptors (Lipinski definition) is 3. The van der Waals surface area contributed by atoms with E-state index in [2.05, 4.69) is 6.58 Å². The number of carbonyl (C=O) groups excluding carboxylic acids is 1. The number of carbonyl (C=O) groups is 1. The zero-order chi connectivity index (χ0) is 20.0. The van der Waals surface area contributed by atoms with Crippen molar-refractivity contribution in [1.29, 1.82) is 0 Å². The van der Waals surface area contributed by atoms with Crippen LogP contribution in [0.4, 0.5) is 4.39 Å². The summed E-state index contributed by atoms with van der Waals surface area (Å²) in [5.74, 6) is 0.395. The molecule has 27 heavy (non-hydrogen) atoms. The van der Waals surface area contributed by atoms with Crippen LogP contribution in [0.2, 0.25) is 0 Å². The maximum Gasteiger partial charge on any atom is 0.338 e. The summed E-state index contributed by atoms with van der Waals surface area (Å²) in [5.41, 5.74) is 3.24. The minimum atomic E-state index is -0.468. The van der Waals surface area contributed by atoms with Crippen LogP contribution in [0.5, 0.6) is 5.75 Å². The molecule has 0 atom stereocenters. The van der Waals surface area contributed by atoms with Crippen molar-refractivity contribution in [2.75, 3.05) is 7.11 Å². The van der Waals surface area contributed by atoms with Gasteiger partial charge in [0.25, 0.3) is 0 Å². The van der Waals surface area contributed by atoms with Crippen LogP contribution in [0.1, 0.15) is 26.3 Å². The summed E-state index contributed by atoms with van der Waals surface area (Å²) >= 11 is 0. The fraction of sp³-hybridized carbons (Fsp3) is 0.174. The highest BCUT2D eigenvalue weighted by molar-refractivity contribution is 5.87. The highest BCUT2D eigenvalue weighted by Gasteiger charge is 2.08. The summed E-state index contributed by atoms with van der Waals surface area (Å²) in [5, 5.41) is 0. The van der Waals surface area contributed by atoms with Crippen molar-refractivity contribution in [3.8, 4) is 16.9 Å². The molecule has 0 aliphatic heterocycles. The standard InChI is InChI=1S/C23H23FO3/c1-15(2)23(25)27-17(4)7-6-16(3)19-10-13-21(22(24)14-19)18-8-11-20(26-5)12-9-18/h6-14H,1H2,2-5H3/b16-6+,17-7+. The van der Waals surface area contributed by atoms with Crippen LogP contribution in [-0.4, -0.2) is 13.1 Å². The second kappa shape index (κ2) is 8.99. The Hall–Kier alpha value is -3.14. The molecule has 0 radical (unpaired) electrons. The molecular formula is C23H23FO3. The lowest BCUT2D eigenvalue weighted by atomic mass is 10.00. The number of esters is 1. The quantitative estimate of drug-likeness (QED) is 0.275. The van der Waals surface area contributed by atoms with Crippen molar-refractivity contribution in [2.24, 2.45) is 0 Å². The minimum absolute atomic E-state index is 0.306. The van der Waals surface area contributed by atoms with Crippen molar-refractivity contribution < 1.29 is 18.7 Å². The number of ether oxygens (including phenoxy) is 2. The Balaban J connectivity index is 2.20. The Labute approximate surface area is 159 Å². The number of methoxy groups -OCH3 is 1. The van der Waals surface area contributed by atoms with Gasteiger partial charge in [0.1, 0.15) is 17.3 Å². The van der Waals surface area contributed by atoms with Crippen LogP contribution in [0.15, 0.2) is 72.5 Å². The Kier molecular flexibility index (Phi) is 6.72. The van der Waals surface area contributed by atoms with Gasteiger partial charge in [0.15, 0.2) is 0 Å². The number of rotatable bonds is 6. The first kappa shape index (κ1) is 20.2. The third kappa shape index (κ3) is 5.42. The number of allylic oxidation sites excluding steroid dienone is 4. The Bertz CT molecular complexity index is 906. The van der Waals surface area contributed by atoms with Gasteiger partial charge in [-0.05, 0) is 61.7 Å². The van der Waals surface area contributed by atoms with E-state index in [1.807, 2.05) is 25.1 Å². The second-order valence-corrected chi connectivity index (χ2v) is 6.22. The molecule has 0 amide bonds. The molecule has 4 heteroatoms. The predicted octanol–water partition coefficient (Wildman–Crippen LogP) is 5.93. The molecule has 0 N–H and O–H groups in total. The normalized spacial score (nSPS) is 11.9. The van der Waals surface area contributed by atoms with E-state index in [1.165, 1.54) is 6.07 Å². The molecule has 0 heterocycles. The number of hydrogen-bond donors (Lipinski definition) is 0. The van der Waals surface area contributed by atoms with E-state index in [9.17, 15) is 9.18 Å². The molecule has 2 aromatic carbocycles. The molecule has 0 saturated carbocycles. The van der Waals surface area contributed by atoms with Crippen LogP contribution in [0.25, 0.3) is 16.7 Å². The van der Waals surface area contributed by atoms with Gasteiger partial charge in [0, 0.05) is 11.1 Å². The lowest BCUT2D eigenvalue weighted by Gasteiger charge is -2.08. The highest BCUT2D eigenvalue weighted by Crippen LogP contribution is 2.27. The van der Waals surface area contributed by atoms with E-state index in [4.69, 9.17) is 9.47 Å². The zero-order valence-electron chi connectivity index (χ0n) is 16.0. The summed E-state index contributed by atoms with van der Waals surface area (Å²) in [4.78, 5) is 11.5. The first-order valence-electron chi connectivity index (χ1n) is 8.49. The summed E-state index contributed by atoms with van der Waals surface area (Å²) in [6.07, 6.45) is 3.45. The van der Waals surface area contributed by atoms with Crippen LogP contribution >= 0.6 is 0 Å². The van der Waals surface area contributed by atoms with Crippen molar-refractivity contribution >= 4 is 11.5 Å². The maximum atomic E-state index is 14.6. The fourth-order valence-corrected chi connectivity index (χ4v) is 2.37. The topological polar surface area (TPSA) is 35.5 Å². The number of halogens is 1. The summed E-state index contributed by atoms with van der Waals surface area (Å²) in [7, 11) is 1.59. The molecule has 0 spiro atoms. The largest absolute Gasteiger partial charge is 0.497 e. The lowest BCUT2D eigenvalue weighted by molar-refractivity contribution is -0.134. The van der Waals surface area contributed by atoms with Crippen LogP contribution in [0, 0.1) is 5.82 Å². The van der Waals surface area contributed by atoms with E-state index in [0.29, 0.717) is 16.9 Å². The van der Waals surface area contributed by atoms with Crippen molar-refractivity contribution in [2.45, 2.75) is 20.8 Å². The Morgan fingerprint density at radius 2 is 1.70 bits per heavy atom. The van der Waals surface area contributed by atoms with Gasteiger partial charge >= 0.3 is 5.97 Å². The summed E-state index contributed by atoms with van der Waals surface area (Å²) in [6, 6.07) is 12.3. The van der Waals surface area contributed by atoms with Crippen molar-refractivity contribution in [3.63, 3.8) is 0 Å². The molecule has 3 nitrogen and oxygen atoms in total. The zero-order valence-corrected chi connectivity index (χ0v) is 16.0. The molecule has 140 valence electrons. The molecule has 2 rings (SSSR count). The van der Waals surface area contributed by atoms with Gasteiger partial charge in [0.05, 0.1) is 7.11 Å². The number of benzene rings is 2. The van der Waals surface area contributed by atoms with E-state index >= 15 is 0 Å². The molecule has 0 aliphatic rings. The van der Waals surface area contributed by atoms with Crippen LogP contribution in [-0.2, 0) is 9.53 Å². The first-order chi connectivity index (χ1) is 12.8. The SMILES string of the molecule is C=C(C)C(=O)O/C(C)=C/C=C(\C)c1ccc(-c2ccc(OC)cc2)c(F)c1. The molecule has 0 saturated heterocycles. The molecular weight excluding hydrogens is 343 g/mol. The van der Waals surface area contributed by atoms with Gasteiger partial charge in [-0.25, -0.2) is 9.18 Å². The third-order valence-corrected chi connectivity index (χ3v) is 4.00. The molecule has 2 aromatic rings. The summed E-state index contributed by atoms with van der Waals surface area (Å²) < 4.78 is 24.8. The predicted molar refractivity (Wildman–Crippen MR) is 107 cm³/mol. The van der Waals surface area contributed by atoms with Crippen LogP contribution < -0.4 is 4.74 Å². The molecule has 0 aromatic heterocycles. The monoisotopic (exact) mass is 366 g/mol. The minimum Gasteiger partial charge on any atom is -0.497 e. The Morgan fingerprint density at radius 1 is 1.04 bits per heavy atom. The lowest BCUT2D eigenvalue weighted by Crippen LogP contribution is -2.02. The maximum absolute atomic E-state index is 14.6. The van der Waals surface area contributed by atoms with Gasteiger partial charge in [0.2, 0.25) is 0 Å². The van der Waals surface area contributed by atoms with Gasteiger partial charge < -0.3 is 9.47 Å².